The molecule has 3 rings (SSSR count). The molecule has 0 unspecified atom stereocenters. The van der Waals surface area contributed by atoms with Crippen LogP contribution in [0.3, 0.4) is 0 Å². The average molecular weight is 394 g/mol. The van der Waals surface area contributed by atoms with E-state index < -0.39 is 16.1 Å². The Morgan fingerprint density at radius 2 is 2.11 bits per heavy atom. The van der Waals surface area contributed by atoms with Crippen molar-refractivity contribution in [1.29, 1.82) is 0 Å². The summed E-state index contributed by atoms with van der Waals surface area (Å²) in [5.74, 6) is -0.686. The molecule has 148 valence electrons. The predicted molar refractivity (Wildman–Crippen MR) is 101 cm³/mol. The maximum atomic E-state index is 12.9. The number of sulfonamides is 1. The first-order valence-electron chi connectivity index (χ1n) is 9.20. The molecule has 2 atom stereocenters. The maximum Gasteiger partial charge on any atom is 0.270 e. The van der Waals surface area contributed by atoms with Crippen LogP contribution < -0.4 is 5.32 Å². The second-order valence-electron chi connectivity index (χ2n) is 7.66. The number of pyridine rings is 1. The summed E-state index contributed by atoms with van der Waals surface area (Å²) in [5.41, 5.74) is 1.10. The van der Waals surface area contributed by atoms with E-state index in [9.17, 15) is 18.0 Å². The lowest BCUT2D eigenvalue weighted by Gasteiger charge is -2.25. The van der Waals surface area contributed by atoms with Gasteiger partial charge in [-0.3, -0.25) is 14.5 Å². The molecule has 1 aromatic rings. The molecule has 2 saturated heterocycles. The third-order valence-corrected chi connectivity index (χ3v) is 6.59. The van der Waals surface area contributed by atoms with Gasteiger partial charge in [-0.25, -0.2) is 17.7 Å². The number of aromatic nitrogens is 1. The van der Waals surface area contributed by atoms with E-state index >= 15 is 0 Å². The maximum absolute atomic E-state index is 12.9. The van der Waals surface area contributed by atoms with Crippen LogP contribution in [0.15, 0.2) is 18.2 Å². The molecule has 27 heavy (non-hydrogen) atoms. The molecule has 0 aliphatic carbocycles. The van der Waals surface area contributed by atoms with Crippen LogP contribution in [0.4, 0.5) is 0 Å². The van der Waals surface area contributed by atoms with E-state index in [1.165, 1.54) is 0 Å². The van der Waals surface area contributed by atoms with Crippen LogP contribution in [0.5, 0.6) is 0 Å². The van der Waals surface area contributed by atoms with Crippen LogP contribution in [-0.4, -0.2) is 71.9 Å². The molecule has 2 amide bonds. The summed E-state index contributed by atoms with van der Waals surface area (Å²) >= 11 is 0. The van der Waals surface area contributed by atoms with Gasteiger partial charge in [-0.1, -0.05) is 19.9 Å². The van der Waals surface area contributed by atoms with Crippen LogP contribution >= 0.6 is 0 Å². The van der Waals surface area contributed by atoms with Crippen molar-refractivity contribution >= 4 is 21.8 Å². The average Bonchev–Trinajstić information content (AvgIpc) is 2.96. The van der Waals surface area contributed by atoms with Gasteiger partial charge in [0.05, 0.1) is 11.8 Å². The fraction of sp³-hybridized carbons (Fsp3) is 0.611. The minimum absolute atomic E-state index is 0.0552. The molecule has 2 aliphatic rings. The van der Waals surface area contributed by atoms with E-state index in [2.05, 4.69) is 10.3 Å². The Bertz CT molecular complexity index is 840. The zero-order valence-electron chi connectivity index (χ0n) is 15.9. The molecule has 9 heteroatoms. The van der Waals surface area contributed by atoms with Gasteiger partial charge in [0.1, 0.15) is 5.69 Å². The number of carbonyl (C=O) groups excluding carboxylic acids is 2. The number of hydrogen-bond acceptors (Lipinski definition) is 6. The number of nitrogens with one attached hydrogen (secondary N) is 1. The predicted octanol–water partition coefficient (Wildman–Crippen LogP) is 0.391. The highest BCUT2D eigenvalue weighted by molar-refractivity contribution is 7.89. The molecule has 2 aliphatic heterocycles. The summed E-state index contributed by atoms with van der Waals surface area (Å²) in [5, 5.41) is 2.93. The molecular weight excluding hydrogens is 368 g/mol. The van der Waals surface area contributed by atoms with Crippen molar-refractivity contribution in [3.63, 3.8) is 0 Å². The molecule has 1 aromatic heterocycles. The minimum atomic E-state index is -3.59. The Hall–Kier alpha value is -2.00. The summed E-state index contributed by atoms with van der Waals surface area (Å²) in [6.07, 6.45) is 0.403. The molecule has 2 fully saturated rings. The van der Waals surface area contributed by atoms with Crippen molar-refractivity contribution in [2.24, 2.45) is 5.92 Å². The van der Waals surface area contributed by atoms with E-state index in [4.69, 9.17) is 0 Å². The molecular formula is C18H26N4O4S. The lowest BCUT2D eigenvalue weighted by Crippen LogP contribution is -2.45. The van der Waals surface area contributed by atoms with Crippen molar-refractivity contribution in [3.05, 3.63) is 29.6 Å². The van der Waals surface area contributed by atoms with Gasteiger partial charge >= 0.3 is 0 Å². The van der Waals surface area contributed by atoms with Crippen molar-refractivity contribution in [2.75, 3.05) is 25.4 Å². The molecule has 3 heterocycles. The molecule has 0 bridgehead atoms. The first kappa shape index (κ1) is 19.8. The molecule has 1 N–H and O–H groups in total. The largest absolute Gasteiger partial charge is 0.347 e. The van der Waals surface area contributed by atoms with Crippen LogP contribution in [0.1, 0.15) is 36.5 Å². The van der Waals surface area contributed by atoms with Crippen LogP contribution in [0, 0.1) is 12.8 Å². The zero-order chi connectivity index (χ0) is 19.8. The van der Waals surface area contributed by atoms with Gasteiger partial charge in [-0.05, 0) is 31.4 Å². The van der Waals surface area contributed by atoms with Crippen molar-refractivity contribution in [1.82, 2.24) is 19.5 Å². The minimum Gasteiger partial charge on any atom is -0.347 e. The van der Waals surface area contributed by atoms with Crippen LogP contribution in [-0.2, 0) is 14.8 Å². The first-order chi connectivity index (χ1) is 12.7. The van der Waals surface area contributed by atoms with Gasteiger partial charge < -0.3 is 5.32 Å². The molecule has 8 nitrogen and oxygen atoms in total. The lowest BCUT2D eigenvalue weighted by atomic mass is 10.1. The zero-order valence-corrected chi connectivity index (χ0v) is 16.7. The van der Waals surface area contributed by atoms with E-state index in [1.54, 1.807) is 12.1 Å². The van der Waals surface area contributed by atoms with E-state index in [1.807, 2.05) is 31.7 Å². The Balaban J connectivity index is 1.72. The highest BCUT2D eigenvalue weighted by Gasteiger charge is 2.45. The number of aryl methyl sites for hydroxylation is 1. The van der Waals surface area contributed by atoms with Gasteiger partial charge in [-0.2, -0.15) is 0 Å². The van der Waals surface area contributed by atoms with Crippen LogP contribution in [0.2, 0.25) is 0 Å². The van der Waals surface area contributed by atoms with Gasteiger partial charge in [0.15, 0.2) is 0 Å². The number of carbonyl (C=O) groups is 2. The second-order valence-corrected chi connectivity index (χ2v) is 9.67. The second kappa shape index (κ2) is 7.55. The topological polar surface area (TPSA) is 99.7 Å². The fourth-order valence-electron chi connectivity index (χ4n) is 3.62. The quantitative estimate of drug-likeness (QED) is 0.793. The Morgan fingerprint density at radius 1 is 1.37 bits per heavy atom. The summed E-state index contributed by atoms with van der Waals surface area (Å²) < 4.78 is 25.9. The van der Waals surface area contributed by atoms with E-state index in [-0.39, 0.29) is 36.1 Å². The monoisotopic (exact) mass is 394 g/mol. The third kappa shape index (κ3) is 4.30. The standard InChI is InChI=1S/C18H26N4O4S/c1-12(2)10-22-18(24)16-9-14(11-21(16)7-8-27(22,25)26)20-17(23)15-6-4-5-13(3)19-15/h4-6,12,14,16H,7-11H2,1-3H3,(H,20,23)/t14-,16-/m0/s1. The van der Waals surface area contributed by atoms with Gasteiger partial charge in [-0.15, -0.1) is 0 Å². The summed E-state index contributed by atoms with van der Waals surface area (Å²) in [7, 11) is -3.59. The van der Waals surface area contributed by atoms with Gasteiger partial charge in [0.2, 0.25) is 10.0 Å². The van der Waals surface area contributed by atoms with Crippen molar-refractivity contribution in [2.45, 2.75) is 39.3 Å². The molecule has 0 spiro atoms. The summed E-state index contributed by atoms with van der Waals surface area (Å²) in [4.78, 5) is 31.4. The third-order valence-electron chi connectivity index (χ3n) is 4.89. The number of rotatable bonds is 4. The number of fused-ring (bicyclic) bond motifs is 1. The molecule has 0 saturated carbocycles. The number of amides is 2. The highest BCUT2D eigenvalue weighted by Crippen LogP contribution is 2.25. The van der Waals surface area contributed by atoms with Gasteiger partial charge in [0, 0.05) is 31.4 Å². The lowest BCUT2D eigenvalue weighted by molar-refractivity contribution is -0.130. The Kier molecular flexibility index (Phi) is 5.53. The van der Waals surface area contributed by atoms with E-state index in [0.717, 1.165) is 10.00 Å². The number of hydrogen-bond donors (Lipinski definition) is 1. The van der Waals surface area contributed by atoms with Gasteiger partial charge in [0.25, 0.3) is 11.8 Å². The van der Waals surface area contributed by atoms with E-state index in [0.29, 0.717) is 25.2 Å². The van der Waals surface area contributed by atoms with Crippen LogP contribution in [0.25, 0.3) is 0 Å². The fourth-order valence-corrected chi connectivity index (χ4v) is 5.23. The normalized spacial score (nSPS) is 25.3. The summed E-state index contributed by atoms with van der Waals surface area (Å²) in [6, 6.07) is 4.51. The molecule has 0 radical (unpaired) electrons. The highest BCUT2D eigenvalue weighted by atomic mass is 32.2. The number of nitrogens with zero attached hydrogens (tertiary/aromatic N) is 3. The van der Waals surface area contributed by atoms with Crippen molar-refractivity contribution < 1.29 is 18.0 Å². The SMILES string of the molecule is Cc1cccc(C(=O)N[C@H]2C[C@H]3C(=O)N(CC(C)C)S(=O)(=O)CCN3C2)n1. The first-order valence-corrected chi connectivity index (χ1v) is 10.8. The van der Waals surface area contributed by atoms with Crippen molar-refractivity contribution in [3.8, 4) is 0 Å². The molecule has 0 aromatic carbocycles. The summed E-state index contributed by atoms with van der Waals surface area (Å²) in [6.45, 7) is 6.53. The Labute approximate surface area is 160 Å². The smallest absolute Gasteiger partial charge is 0.270 e. The Morgan fingerprint density at radius 3 is 2.78 bits per heavy atom.